The number of nitrogens with zero attached hydrogens (tertiary/aromatic N) is 3. The van der Waals surface area contributed by atoms with Crippen LogP contribution in [0, 0.1) is 23.2 Å². The fourth-order valence-electron chi connectivity index (χ4n) is 5.63. The van der Waals surface area contributed by atoms with Crippen LogP contribution in [-0.4, -0.2) is 69.1 Å². The van der Waals surface area contributed by atoms with E-state index >= 15 is 0 Å². The quantitative estimate of drug-likeness (QED) is 0.660. The molecule has 34 heavy (non-hydrogen) atoms. The maximum Gasteiger partial charge on any atom is 0.490 e. The molecule has 6 atom stereocenters. The minimum Gasteiger partial charge on any atom is -0.475 e. The molecule has 5 rings (SSSR count). The number of aliphatic carboxylic acids is 1. The predicted molar refractivity (Wildman–Crippen MR) is 114 cm³/mol. The van der Waals surface area contributed by atoms with Gasteiger partial charge in [-0.1, -0.05) is 6.07 Å². The number of thiophene rings is 1. The highest BCUT2D eigenvalue weighted by molar-refractivity contribution is 7.12. The Hall–Kier alpha value is -2.65. The van der Waals surface area contributed by atoms with Crippen molar-refractivity contribution in [2.75, 3.05) is 0 Å². The summed E-state index contributed by atoms with van der Waals surface area (Å²) in [5.74, 6) is -2.07. The van der Waals surface area contributed by atoms with Crippen LogP contribution in [-0.2, 0) is 9.59 Å². The van der Waals surface area contributed by atoms with Crippen molar-refractivity contribution in [2.45, 2.75) is 74.9 Å². The van der Waals surface area contributed by atoms with E-state index in [9.17, 15) is 28.0 Å². The van der Waals surface area contributed by atoms with E-state index in [-0.39, 0.29) is 41.9 Å². The van der Waals surface area contributed by atoms with Crippen LogP contribution in [0.25, 0.3) is 0 Å². The summed E-state index contributed by atoms with van der Waals surface area (Å²) in [7, 11) is 0. The SMILES string of the molecule is N#C[C@@H]1C[C@@H]2C[C@@H]2N1C(=O)[C@@H](N)C1CC2CCC(C1)N2C(=O)c1cccs1.O=C(O)C(F)(F)F. The zero-order valence-corrected chi connectivity index (χ0v) is 19.0. The Morgan fingerprint density at radius 2 is 1.76 bits per heavy atom. The number of hydrogen-bond acceptors (Lipinski definition) is 6. The average Bonchev–Trinajstić information content (AvgIpc) is 3.13. The van der Waals surface area contributed by atoms with Crippen molar-refractivity contribution in [3.8, 4) is 6.07 Å². The van der Waals surface area contributed by atoms with Gasteiger partial charge in [-0.05, 0) is 61.8 Å². The van der Waals surface area contributed by atoms with Gasteiger partial charge in [0.1, 0.15) is 6.04 Å². The number of rotatable bonds is 3. The molecule has 3 N–H and O–H groups in total. The molecular weight excluding hydrogens is 473 g/mol. The average molecular weight is 499 g/mol. The summed E-state index contributed by atoms with van der Waals surface area (Å²) < 4.78 is 31.7. The lowest BCUT2D eigenvalue weighted by atomic mass is 9.84. The van der Waals surface area contributed by atoms with Gasteiger partial charge in [-0.3, -0.25) is 9.59 Å². The fourth-order valence-corrected chi connectivity index (χ4v) is 6.30. The van der Waals surface area contributed by atoms with Gasteiger partial charge < -0.3 is 20.6 Å². The largest absolute Gasteiger partial charge is 0.490 e. The van der Waals surface area contributed by atoms with Crippen LogP contribution in [0.1, 0.15) is 48.2 Å². The molecule has 2 unspecified atom stereocenters. The molecule has 184 valence electrons. The number of nitriles is 1. The predicted octanol–water partition coefficient (Wildman–Crippen LogP) is 2.60. The topological polar surface area (TPSA) is 128 Å². The van der Waals surface area contributed by atoms with E-state index in [1.54, 1.807) is 4.90 Å². The highest BCUT2D eigenvalue weighted by Gasteiger charge is 2.56. The number of amides is 2. The second-order valence-corrected chi connectivity index (χ2v) is 10.3. The molecule has 2 bridgehead atoms. The number of carboxylic acid groups (broad SMARTS) is 1. The molecule has 1 aromatic heterocycles. The summed E-state index contributed by atoms with van der Waals surface area (Å²) in [5.41, 5.74) is 6.44. The van der Waals surface area contributed by atoms with Gasteiger partial charge in [0.05, 0.1) is 17.0 Å². The van der Waals surface area contributed by atoms with E-state index < -0.39 is 18.2 Å². The maximum absolute atomic E-state index is 13.1. The lowest BCUT2D eigenvalue weighted by Gasteiger charge is -2.41. The molecule has 4 fully saturated rings. The van der Waals surface area contributed by atoms with Crippen molar-refractivity contribution in [1.82, 2.24) is 9.80 Å². The number of carbonyl (C=O) groups is 3. The van der Waals surface area contributed by atoms with Crippen molar-refractivity contribution >= 4 is 29.1 Å². The van der Waals surface area contributed by atoms with Gasteiger partial charge >= 0.3 is 12.1 Å². The summed E-state index contributed by atoms with van der Waals surface area (Å²) in [4.78, 5) is 39.4. The molecule has 1 aliphatic carbocycles. The van der Waals surface area contributed by atoms with Crippen molar-refractivity contribution in [2.24, 2.45) is 17.6 Å². The molecule has 8 nitrogen and oxygen atoms in total. The van der Waals surface area contributed by atoms with Gasteiger partial charge in [0.2, 0.25) is 5.91 Å². The van der Waals surface area contributed by atoms with Crippen LogP contribution in [0.3, 0.4) is 0 Å². The van der Waals surface area contributed by atoms with E-state index in [1.807, 2.05) is 22.4 Å². The van der Waals surface area contributed by atoms with Gasteiger partial charge in [-0.25, -0.2) is 4.79 Å². The van der Waals surface area contributed by atoms with Gasteiger partial charge in [0, 0.05) is 18.1 Å². The molecule has 12 heteroatoms. The van der Waals surface area contributed by atoms with E-state index in [2.05, 4.69) is 6.07 Å². The van der Waals surface area contributed by atoms with E-state index in [4.69, 9.17) is 15.6 Å². The Bertz CT molecular complexity index is 981. The number of carboxylic acids is 1. The molecule has 4 heterocycles. The number of alkyl halides is 3. The number of hydrogen-bond donors (Lipinski definition) is 2. The van der Waals surface area contributed by atoms with Crippen LogP contribution < -0.4 is 5.73 Å². The van der Waals surface area contributed by atoms with E-state index in [1.165, 1.54) is 11.3 Å². The van der Waals surface area contributed by atoms with Crippen molar-refractivity contribution in [1.29, 1.82) is 5.26 Å². The number of carbonyl (C=O) groups excluding carboxylic acids is 2. The Kier molecular flexibility index (Phi) is 6.61. The second kappa shape index (κ2) is 9.19. The van der Waals surface area contributed by atoms with E-state index in [0.29, 0.717) is 5.92 Å². The third kappa shape index (κ3) is 4.63. The van der Waals surface area contributed by atoms with Gasteiger partial charge in [0.15, 0.2) is 0 Å². The third-order valence-electron chi connectivity index (χ3n) is 7.28. The molecule has 3 saturated heterocycles. The lowest BCUT2D eigenvalue weighted by molar-refractivity contribution is -0.192. The molecule has 2 amide bonds. The molecule has 0 spiro atoms. The highest BCUT2D eigenvalue weighted by Crippen LogP contribution is 2.48. The highest BCUT2D eigenvalue weighted by atomic mass is 32.1. The number of nitrogens with two attached hydrogens (primary N) is 1. The summed E-state index contributed by atoms with van der Waals surface area (Å²) in [6, 6.07) is 5.82. The summed E-state index contributed by atoms with van der Waals surface area (Å²) in [6.07, 6.45) is 0.316. The third-order valence-corrected chi connectivity index (χ3v) is 8.14. The minimum atomic E-state index is -5.08. The molecule has 4 aliphatic rings. The smallest absolute Gasteiger partial charge is 0.475 e. The summed E-state index contributed by atoms with van der Waals surface area (Å²) >= 11 is 1.49. The monoisotopic (exact) mass is 498 g/mol. The first-order chi connectivity index (χ1) is 16.0. The Labute approximate surface area is 198 Å². The second-order valence-electron chi connectivity index (χ2n) is 9.32. The van der Waals surface area contributed by atoms with Crippen molar-refractivity contribution in [3.05, 3.63) is 22.4 Å². The summed E-state index contributed by atoms with van der Waals surface area (Å²) in [5, 5.41) is 18.4. The lowest BCUT2D eigenvalue weighted by Crippen LogP contribution is -2.55. The zero-order valence-electron chi connectivity index (χ0n) is 18.1. The van der Waals surface area contributed by atoms with Crippen LogP contribution in [0.15, 0.2) is 17.5 Å². The Balaban J connectivity index is 0.000000344. The molecule has 0 aromatic carbocycles. The first-order valence-electron chi connectivity index (χ1n) is 11.2. The Morgan fingerprint density at radius 1 is 1.15 bits per heavy atom. The maximum atomic E-state index is 13.1. The first-order valence-corrected chi connectivity index (χ1v) is 12.0. The molecule has 0 radical (unpaired) electrons. The van der Waals surface area contributed by atoms with Crippen molar-refractivity contribution < 1.29 is 32.7 Å². The fraction of sp³-hybridized carbons (Fsp3) is 0.636. The van der Waals surface area contributed by atoms with Crippen LogP contribution >= 0.6 is 11.3 Å². The first kappa shape index (κ1) is 24.5. The Morgan fingerprint density at radius 3 is 2.26 bits per heavy atom. The number of fused-ring (bicyclic) bond motifs is 3. The van der Waals surface area contributed by atoms with Gasteiger partial charge in [-0.2, -0.15) is 18.4 Å². The normalized spacial score (nSPS) is 32.2. The van der Waals surface area contributed by atoms with Gasteiger partial charge in [0.25, 0.3) is 5.91 Å². The molecular formula is C22H25F3N4O4S. The van der Waals surface area contributed by atoms with Crippen molar-refractivity contribution in [3.63, 3.8) is 0 Å². The van der Waals surface area contributed by atoms with Gasteiger partial charge in [-0.15, -0.1) is 11.3 Å². The van der Waals surface area contributed by atoms with Crippen LogP contribution in [0.4, 0.5) is 13.2 Å². The number of halogens is 3. The van der Waals surface area contributed by atoms with E-state index in [0.717, 1.165) is 43.4 Å². The minimum absolute atomic E-state index is 0.0472. The van der Waals surface area contributed by atoms with Crippen LogP contribution in [0.5, 0.6) is 0 Å². The number of likely N-dealkylation sites (tertiary alicyclic amines) is 1. The summed E-state index contributed by atoms with van der Waals surface area (Å²) in [6.45, 7) is 0. The molecule has 3 aliphatic heterocycles. The zero-order chi connectivity index (χ0) is 24.8. The standard InChI is InChI=1S/C20H24N4O2S.C2HF3O2/c21-10-15-6-11-9-16(11)24(15)20(26)18(22)12-7-13-3-4-14(8-12)23(13)19(25)17-2-1-5-27-17;3-2(4,5)1(6)7/h1-2,5,11-16,18H,3-4,6-9,22H2;(H,6,7)/t11-,12?,13?,14?,15+,16+,18+;/m1./s1. The molecule has 1 saturated carbocycles. The molecule has 1 aromatic rings. The number of piperidine rings is 2. The van der Waals surface area contributed by atoms with Crippen LogP contribution in [0.2, 0.25) is 0 Å².